The van der Waals surface area contributed by atoms with E-state index in [9.17, 15) is 14.0 Å². The van der Waals surface area contributed by atoms with Crippen LogP contribution in [0.4, 0.5) is 10.1 Å². The van der Waals surface area contributed by atoms with Crippen LogP contribution in [-0.2, 0) is 0 Å². The van der Waals surface area contributed by atoms with E-state index in [1.54, 1.807) is 31.2 Å². The maximum atomic E-state index is 13.4. The highest BCUT2D eigenvalue weighted by molar-refractivity contribution is 6.12. The molecule has 134 valence electrons. The van der Waals surface area contributed by atoms with E-state index in [4.69, 9.17) is 9.15 Å². The van der Waals surface area contributed by atoms with Crippen molar-refractivity contribution in [3.05, 3.63) is 69.8 Å². The van der Waals surface area contributed by atoms with Crippen molar-refractivity contribution in [2.24, 2.45) is 0 Å². The Balaban J connectivity index is 2.02. The van der Waals surface area contributed by atoms with Gasteiger partial charge in [-0.25, -0.2) is 9.18 Å². The maximum absolute atomic E-state index is 13.4. The summed E-state index contributed by atoms with van der Waals surface area (Å²) < 4.78 is 24.2. The molecule has 1 heterocycles. The number of aryl methyl sites for hydroxylation is 1. The highest BCUT2D eigenvalue weighted by atomic mass is 19.1. The second-order valence-corrected chi connectivity index (χ2v) is 6.22. The Morgan fingerprint density at radius 1 is 1.15 bits per heavy atom. The first-order valence-electron chi connectivity index (χ1n) is 8.15. The largest absolute Gasteiger partial charge is 0.491 e. The molecule has 1 amide bonds. The normalized spacial score (nSPS) is 11.0. The number of carbonyl (C=O) groups is 1. The average Bonchev–Trinajstić information content (AvgIpc) is 2.56. The molecule has 0 radical (unpaired) electrons. The fraction of sp³-hybridized carbons (Fsp3) is 0.200. The van der Waals surface area contributed by atoms with E-state index in [2.05, 4.69) is 5.32 Å². The molecule has 1 aromatic heterocycles. The summed E-state index contributed by atoms with van der Waals surface area (Å²) >= 11 is 0. The number of fused-ring (bicyclic) bond motifs is 1. The van der Waals surface area contributed by atoms with Gasteiger partial charge in [-0.15, -0.1) is 0 Å². The fourth-order valence-electron chi connectivity index (χ4n) is 2.59. The topological polar surface area (TPSA) is 68.5 Å². The SMILES string of the molecule is Cc1ccc(F)cc1NC(=O)c1cc(=O)oc2cc(OC(C)C)ccc12. The quantitative estimate of drug-likeness (QED) is 0.709. The molecule has 3 rings (SSSR count). The number of rotatable bonds is 4. The van der Waals surface area contributed by atoms with Crippen molar-refractivity contribution in [1.82, 2.24) is 0 Å². The van der Waals surface area contributed by atoms with Crippen LogP contribution < -0.4 is 15.7 Å². The molecule has 0 fully saturated rings. The molecule has 0 atom stereocenters. The Bertz CT molecular complexity index is 1040. The lowest BCUT2D eigenvalue weighted by molar-refractivity contribution is 0.102. The molecule has 0 aliphatic carbocycles. The molecular weight excluding hydrogens is 337 g/mol. The summed E-state index contributed by atoms with van der Waals surface area (Å²) in [6.45, 7) is 5.51. The molecule has 1 N–H and O–H groups in total. The van der Waals surface area contributed by atoms with Gasteiger partial charge in [-0.05, 0) is 50.6 Å². The number of benzene rings is 2. The Morgan fingerprint density at radius 2 is 1.92 bits per heavy atom. The number of anilines is 1. The predicted octanol–water partition coefficient (Wildman–Crippen LogP) is 4.28. The van der Waals surface area contributed by atoms with Gasteiger partial charge in [-0.2, -0.15) is 0 Å². The van der Waals surface area contributed by atoms with Gasteiger partial charge in [-0.3, -0.25) is 4.79 Å². The van der Waals surface area contributed by atoms with Crippen LogP contribution in [0.5, 0.6) is 5.75 Å². The van der Waals surface area contributed by atoms with Gasteiger partial charge >= 0.3 is 5.63 Å². The Kier molecular flexibility index (Phi) is 4.75. The maximum Gasteiger partial charge on any atom is 0.337 e. The Labute approximate surface area is 149 Å². The van der Waals surface area contributed by atoms with Crippen molar-refractivity contribution in [3.8, 4) is 5.75 Å². The van der Waals surface area contributed by atoms with E-state index < -0.39 is 17.3 Å². The summed E-state index contributed by atoms with van der Waals surface area (Å²) in [7, 11) is 0. The lowest BCUT2D eigenvalue weighted by Crippen LogP contribution is -2.16. The molecule has 0 aliphatic heterocycles. The zero-order valence-electron chi connectivity index (χ0n) is 14.6. The first-order valence-corrected chi connectivity index (χ1v) is 8.15. The molecule has 3 aromatic rings. The second-order valence-electron chi connectivity index (χ2n) is 6.22. The first kappa shape index (κ1) is 17.7. The average molecular weight is 355 g/mol. The minimum atomic E-state index is -0.652. The molecule has 26 heavy (non-hydrogen) atoms. The molecule has 0 bridgehead atoms. The van der Waals surface area contributed by atoms with E-state index >= 15 is 0 Å². The van der Waals surface area contributed by atoms with Gasteiger partial charge < -0.3 is 14.5 Å². The van der Waals surface area contributed by atoms with Crippen LogP contribution in [0.25, 0.3) is 11.0 Å². The minimum Gasteiger partial charge on any atom is -0.491 e. The van der Waals surface area contributed by atoms with Crippen molar-refractivity contribution in [2.75, 3.05) is 5.32 Å². The summed E-state index contributed by atoms with van der Waals surface area (Å²) in [5, 5.41) is 3.11. The fourth-order valence-corrected chi connectivity index (χ4v) is 2.59. The molecular formula is C20H18FNO4. The Morgan fingerprint density at radius 3 is 2.65 bits per heavy atom. The number of amides is 1. The number of hydrogen-bond donors (Lipinski definition) is 1. The number of ether oxygens (including phenoxy) is 1. The molecule has 2 aromatic carbocycles. The van der Waals surface area contributed by atoms with Crippen molar-refractivity contribution >= 4 is 22.6 Å². The standard InChI is InChI=1S/C20H18FNO4/c1-11(2)25-14-6-7-15-16(10-19(23)26-18(15)9-14)20(24)22-17-8-13(21)5-4-12(17)3/h4-11H,1-3H3,(H,22,24). The highest BCUT2D eigenvalue weighted by Crippen LogP contribution is 2.25. The number of carbonyl (C=O) groups excluding carboxylic acids is 1. The molecule has 0 unspecified atom stereocenters. The second kappa shape index (κ2) is 7.00. The molecule has 5 nitrogen and oxygen atoms in total. The number of nitrogens with one attached hydrogen (secondary N) is 1. The van der Waals surface area contributed by atoms with Gasteiger partial charge in [0.15, 0.2) is 0 Å². The molecule has 0 saturated carbocycles. The van der Waals surface area contributed by atoms with E-state index in [-0.39, 0.29) is 17.3 Å². The van der Waals surface area contributed by atoms with Crippen molar-refractivity contribution in [1.29, 1.82) is 0 Å². The lowest BCUT2D eigenvalue weighted by Gasteiger charge is -2.12. The van der Waals surface area contributed by atoms with Crippen LogP contribution in [0, 0.1) is 12.7 Å². The number of hydrogen-bond acceptors (Lipinski definition) is 4. The zero-order chi connectivity index (χ0) is 18.8. The summed E-state index contributed by atoms with van der Waals surface area (Å²) in [6.07, 6.45) is -0.0402. The van der Waals surface area contributed by atoms with E-state index in [0.717, 1.165) is 6.07 Å². The van der Waals surface area contributed by atoms with Gasteiger partial charge in [0.05, 0.1) is 11.7 Å². The third-order valence-corrected chi connectivity index (χ3v) is 3.78. The third-order valence-electron chi connectivity index (χ3n) is 3.78. The number of halogens is 1. The zero-order valence-corrected chi connectivity index (χ0v) is 14.6. The first-order chi connectivity index (χ1) is 12.3. The van der Waals surface area contributed by atoms with Gasteiger partial charge in [0, 0.05) is 23.2 Å². The van der Waals surface area contributed by atoms with Crippen LogP contribution in [0.15, 0.2) is 51.7 Å². The van der Waals surface area contributed by atoms with Crippen molar-refractivity contribution in [3.63, 3.8) is 0 Å². The lowest BCUT2D eigenvalue weighted by atomic mass is 10.1. The summed E-state index contributed by atoms with van der Waals surface area (Å²) in [5.41, 5.74) is 0.795. The smallest absolute Gasteiger partial charge is 0.337 e. The van der Waals surface area contributed by atoms with Gasteiger partial charge in [0.25, 0.3) is 5.91 Å². The van der Waals surface area contributed by atoms with Crippen LogP contribution in [0.1, 0.15) is 29.8 Å². The molecule has 0 aliphatic rings. The van der Waals surface area contributed by atoms with E-state index in [1.807, 2.05) is 13.8 Å². The minimum absolute atomic E-state index is 0.0402. The Hall–Kier alpha value is -3.15. The van der Waals surface area contributed by atoms with Crippen LogP contribution in [0.2, 0.25) is 0 Å². The third kappa shape index (κ3) is 3.74. The van der Waals surface area contributed by atoms with Crippen molar-refractivity contribution < 1.29 is 18.3 Å². The predicted molar refractivity (Wildman–Crippen MR) is 97.3 cm³/mol. The van der Waals surface area contributed by atoms with Gasteiger partial charge in [0.1, 0.15) is 17.1 Å². The molecule has 0 spiro atoms. The molecule has 0 saturated heterocycles. The van der Waals surface area contributed by atoms with Gasteiger partial charge in [-0.1, -0.05) is 6.07 Å². The van der Waals surface area contributed by atoms with Gasteiger partial charge in [0.2, 0.25) is 0 Å². The van der Waals surface area contributed by atoms with Crippen LogP contribution in [-0.4, -0.2) is 12.0 Å². The van der Waals surface area contributed by atoms with Crippen LogP contribution >= 0.6 is 0 Å². The van der Waals surface area contributed by atoms with E-state index in [0.29, 0.717) is 22.4 Å². The van der Waals surface area contributed by atoms with E-state index in [1.165, 1.54) is 12.1 Å². The molecule has 6 heteroatoms. The van der Waals surface area contributed by atoms with Crippen molar-refractivity contribution in [2.45, 2.75) is 26.9 Å². The summed E-state index contributed by atoms with van der Waals surface area (Å²) in [5.74, 6) is -0.442. The monoisotopic (exact) mass is 355 g/mol. The van der Waals surface area contributed by atoms with Crippen LogP contribution in [0.3, 0.4) is 0 Å². The summed E-state index contributed by atoms with van der Waals surface area (Å²) in [6, 6.07) is 10.2. The highest BCUT2D eigenvalue weighted by Gasteiger charge is 2.15. The summed E-state index contributed by atoms with van der Waals surface area (Å²) in [4.78, 5) is 24.5.